The predicted octanol–water partition coefficient (Wildman–Crippen LogP) is 5.76. The lowest BCUT2D eigenvalue weighted by Crippen LogP contribution is -2.54. The van der Waals surface area contributed by atoms with Gasteiger partial charge in [-0.3, -0.25) is 9.80 Å². The lowest BCUT2D eigenvalue weighted by atomic mass is 9.88. The van der Waals surface area contributed by atoms with Gasteiger partial charge in [0, 0.05) is 49.2 Å². The van der Waals surface area contributed by atoms with Gasteiger partial charge in [-0.25, -0.2) is 9.22 Å². The summed E-state index contributed by atoms with van der Waals surface area (Å²) in [5, 5.41) is 4.45. The molecule has 0 radical (unpaired) electrons. The standard InChI is InChI=1S/C32H42Cl2N4O3/c1-40-31(29(35-32(39)38-16-6-7-17-38)22-25-10-11-26(33)23-28(25)34)37-18-12-24(13-19-37)27-8-2-3-9-30(27)41-21-20-36-14-4-5-15-36/h2-3,8-11,23-24,29H,4-7,12-22H2,1H3/p+1/t29-/m1/s1. The largest absolute Gasteiger partial charge is 0.492 e. The minimum atomic E-state index is -0.343. The fourth-order valence-corrected chi connectivity index (χ4v) is 6.90. The molecule has 0 saturated carbocycles. The molecule has 1 atom stereocenters. The molecule has 5 rings (SSSR count). The molecule has 3 amide bonds. The van der Waals surface area contributed by atoms with Crippen molar-refractivity contribution in [1.29, 1.82) is 0 Å². The van der Waals surface area contributed by atoms with Crippen molar-refractivity contribution < 1.29 is 14.0 Å². The Bertz CT molecular complexity index is 1190. The second-order valence-corrected chi connectivity index (χ2v) is 12.2. The minimum absolute atomic E-state index is 0.0537. The minimum Gasteiger partial charge on any atom is -0.492 e. The van der Waals surface area contributed by atoms with Gasteiger partial charge in [0.15, 0.2) is 6.04 Å². The van der Waals surface area contributed by atoms with Gasteiger partial charge >= 0.3 is 11.9 Å². The summed E-state index contributed by atoms with van der Waals surface area (Å²) in [5.74, 6) is 2.20. The average Bonchev–Trinajstić information content (AvgIpc) is 3.71. The number of nitrogens with one attached hydrogen (secondary N) is 1. The lowest BCUT2D eigenvalue weighted by Gasteiger charge is -2.33. The highest BCUT2D eigenvalue weighted by Gasteiger charge is 2.37. The molecule has 3 aliphatic heterocycles. The summed E-state index contributed by atoms with van der Waals surface area (Å²) in [6, 6.07) is 13.6. The highest BCUT2D eigenvalue weighted by Crippen LogP contribution is 2.35. The smallest absolute Gasteiger partial charge is 0.417 e. The van der Waals surface area contributed by atoms with E-state index in [-0.39, 0.29) is 12.1 Å². The number of hydrogen-bond donors (Lipinski definition) is 1. The van der Waals surface area contributed by atoms with Crippen molar-refractivity contribution >= 4 is 35.1 Å². The summed E-state index contributed by atoms with van der Waals surface area (Å²) in [4.78, 5) is 19.8. The van der Waals surface area contributed by atoms with Gasteiger partial charge < -0.3 is 15.0 Å². The Balaban J connectivity index is 1.25. The van der Waals surface area contributed by atoms with Crippen LogP contribution in [0.15, 0.2) is 42.5 Å². The van der Waals surface area contributed by atoms with E-state index in [1.807, 2.05) is 17.0 Å². The number of nitrogens with zero attached hydrogens (tertiary/aromatic N) is 3. The normalized spacial score (nSPS) is 19.5. The molecule has 222 valence electrons. The molecule has 3 aliphatic rings. The third kappa shape index (κ3) is 7.88. The molecular weight excluding hydrogens is 559 g/mol. The summed E-state index contributed by atoms with van der Waals surface area (Å²) in [5.41, 5.74) is 2.21. The van der Waals surface area contributed by atoms with Crippen molar-refractivity contribution in [1.82, 2.24) is 20.0 Å². The van der Waals surface area contributed by atoms with E-state index in [1.54, 1.807) is 13.2 Å². The van der Waals surface area contributed by atoms with Crippen molar-refractivity contribution in [3.05, 3.63) is 63.6 Å². The van der Waals surface area contributed by atoms with E-state index in [0.29, 0.717) is 22.4 Å². The maximum Gasteiger partial charge on any atom is 0.417 e. The van der Waals surface area contributed by atoms with Crippen molar-refractivity contribution in [3.8, 4) is 5.75 Å². The summed E-state index contributed by atoms with van der Waals surface area (Å²) in [6.45, 7) is 7.32. The van der Waals surface area contributed by atoms with Gasteiger partial charge in [0.05, 0.1) is 0 Å². The van der Waals surface area contributed by atoms with Crippen LogP contribution in [0.5, 0.6) is 5.75 Å². The SMILES string of the molecule is C/[O+]=C(/[C@@H](Cc1ccc(Cl)cc1Cl)NC(=O)N1CCCC1)N1CCC(c2ccccc2OCCN2CCCC2)CC1. The summed E-state index contributed by atoms with van der Waals surface area (Å²) < 4.78 is 12.3. The number of halogens is 2. The zero-order valence-electron chi connectivity index (χ0n) is 24.1. The summed E-state index contributed by atoms with van der Waals surface area (Å²) in [7, 11) is 1.70. The van der Waals surface area contributed by atoms with Crippen LogP contribution in [-0.2, 0) is 10.8 Å². The number of likely N-dealkylation sites (tertiary alicyclic amines) is 3. The Labute approximate surface area is 254 Å². The first-order valence-corrected chi connectivity index (χ1v) is 15.9. The first-order chi connectivity index (χ1) is 20.0. The van der Waals surface area contributed by atoms with Gasteiger partial charge in [-0.2, -0.15) is 0 Å². The number of rotatable bonds is 9. The van der Waals surface area contributed by atoms with Crippen molar-refractivity contribution in [2.24, 2.45) is 0 Å². The second kappa shape index (κ2) is 14.6. The van der Waals surface area contributed by atoms with Crippen LogP contribution in [0.2, 0.25) is 10.0 Å². The maximum atomic E-state index is 13.2. The van der Waals surface area contributed by atoms with Crippen LogP contribution in [-0.4, -0.2) is 92.2 Å². The van der Waals surface area contributed by atoms with Crippen molar-refractivity contribution in [2.45, 2.75) is 56.9 Å². The van der Waals surface area contributed by atoms with Gasteiger partial charge in [0.25, 0.3) is 7.11 Å². The van der Waals surface area contributed by atoms with Gasteiger partial charge in [-0.1, -0.05) is 47.5 Å². The number of amides is 3. The molecule has 0 unspecified atom stereocenters. The Morgan fingerprint density at radius 2 is 1.68 bits per heavy atom. The predicted molar refractivity (Wildman–Crippen MR) is 165 cm³/mol. The van der Waals surface area contributed by atoms with E-state index < -0.39 is 0 Å². The molecule has 0 bridgehead atoms. The number of hydrogen-bond acceptors (Lipinski definition) is 3. The molecule has 3 fully saturated rings. The summed E-state index contributed by atoms with van der Waals surface area (Å²) in [6.07, 6.45) is 7.15. The lowest BCUT2D eigenvalue weighted by molar-refractivity contribution is -0.429. The number of carbonyl (C=O) groups is 1. The first-order valence-electron chi connectivity index (χ1n) is 15.1. The van der Waals surface area contributed by atoms with E-state index in [9.17, 15) is 4.79 Å². The first kappa shape index (κ1) is 30.0. The highest BCUT2D eigenvalue weighted by molar-refractivity contribution is 6.35. The number of urea groups is 1. The van der Waals surface area contributed by atoms with Crippen LogP contribution >= 0.6 is 23.2 Å². The van der Waals surface area contributed by atoms with Crippen LogP contribution in [0.1, 0.15) is 55.6 Å². The molecule has 0 aliphatic carbocycles. The van der Waals surface area contributed by atoms with Gasteiger partial charge in [-0.05, 0) is 86.9 Å². The van der Waals surface area contributed by atoms with E-state index in [2.05, 4.69) is 39.4 Å². The zero-order chi connectivity index (χ0) is 28.6. The van der Waals surface area contributed by atoms with E-state index in [4.69, 9.17) is 32.4 Å². The van der Waals surface area contributed by atoms with Crippen molar-refractivity contribution in [3.63, 3.8) is 0 Å². The van der Waals surface area contributed by atoms with Crippen LogP contribution in [0.3, 0.4) is 0 Å². The number of piperidine rings is 1. The Morgan fingerprint density at radius 3 is 2.39 bits per heavy atom. The summed E-state index contributed by atoms with van der Waals surface area (Å²) >= 11 is 12.7. The van der Waals surface area contributed by atoms with E-state index >= 15 is 0 Å². The molecule has 7 nitrogen and oxygen atoms in total. The molecule has 9 heteroatoms. The van der Waals surface area contributed by atoms with E-state index in [1.165, 1.54) is 31.5 Å². The Hall–Kier alpha value is -2.48. The number of carbonyl (C=O) groups excluding carboxylic acids is 2. The van der Waals surface area contributed by atoms with Crippen LogP contribution < -0.4 is 10.1 Å². The third-order valence-corrected chi connectivity index (χ3v) is 9.25. The van der Waals surface area contributed by atoms with Crippen LogP contribution in [0.25, 0.3) is 0 Å². The molecule has 0 aromatic heterocycles. The van der Waals surface area contributed by atoms with E-state index in [0.717, 1.165) is 82.2 Å². The van der Waals surface area contributed by atoms with Gasteiger partial charge in [-0.15, -0.1) is 0 Å². The number of para-hydroxylation sites is 1. The van der Waals surface area contributed by atoms with Gasteiger partial charge in [0.2, 0.25) is 0 Å². The third-order valence-electron chi connectivity index (χ3n) is 8.67. The average molecular weight is 603 g/mol. The number of benzene rings is 2. The molecule has 1 N–H and O–H groups in total. The molecule has 2 aromatic carbocycles. The Morgan fingerprint density at radius 1 is 0.976 bits per heavy atom. The topological polar surface area (TPSA) is 59.4 Å². The number of ether oxygens (including phenoxy) is 1. The molecule has 2 aromatic rings. The van der Waals surface area contributed by atoms with Gasteiger partial charge in [0.1, 0.15) is 12.4 Å². The second-order valence-electron chi connectivity index (χ2n) is 11.4. The zero-order valence-corrected chi connectivity index (χ0v) is 25.6. The fourth-order valence-electron chi connectivity index (χ4n) is 6.41. The molecular formula is C32H43Cl2N4O3+. The Kier molecular flexibility index (Phi) is 10.7. The fraction of sp³-hybridized carbons (Fsp3) is 0.562. The molecule has 3 saturated heterocycles. The molecule has 0 spiro atoms. The molecule has 3 heterocycles. The van der Waals surface area contributed by atoms with Crippen molar-refractivity contribution in [2.75, 3.05) is 59.5 Å². The van der Waals surface area contributed by atoms with Crippen LogP contribution in [0.4, 0.5) is 4.79 Å². The maximum absolute atomic E-state index is 13.2. The highest BCUT2D eigenvalue weighted by atomic mass is 35.5. The molecule has 41 heavy (non-hydrogen) atoms. The quantitative estimate of drug-likeness (QED) is 0.372. The monoisotopic (exact) mass is 601 g/mol. The van der Waals surface area contributed by atoms with Crippen LogP contribution in [0, 0.1) is 0 Å².